The van der Waals surface area contributed by atoms with Crippen LogP contribution in [0.5, 0.6) is 17.2 Å². The molecule has 4 atom stereocenters. The van der Waals surface area contributed by atoms with E-state index in [2.05, 4.69) is 10.0 Å². The summed E-state index contributed by atoms with van der Waals surface area (Å²) in [4.78, 5) is 14.3. The van der Waals surface area contributed by atoms with E-state index >= 15 is 0 Å². The number of methoxy groups -OCH3 is 2. The normalized spacial score (nSPS) is 23.9. The fraction of sp³-hybridized carbons (Fsp3) is 0.450. The number of ether oxygens (including phenoxy) is 4. The third kappa shape index (κ3) is 3.87. The van der Waals surface area contributed by atoms with Crippen LogP contribution in [0.1, 0.15) is 31.9 Å². The number of phenolic OH excluding ortho intramolecular Hbond substituents is 1. The van der Waals surface area contributed by atoms with Crippen LogP contribution in [-0.4, -0.2) is 43.5 Å². The second-order valence-corrected chi connectivity index (χ2v) is 6.81. The van der Waals surface area contributed by atoms with Crippen LogP contribution in [0.3, 0.4) is 0 Å². The van der Waals surface area contributed by atoms with Gasteiger partial charge in [-0.2, -0.15) is 0 Å². The SMILES string of the molecule is COc1ccc(OC)c2c(O)c([C@@H]3C[C@H](N=[N+]=[N-])[C@@H](OC(C)=O)[C@H](C)O3)ccc12. The van der Waals surface area contributed by atoms with E-state index in [1.807, 2.05) is 6.07 Å². The van der Waals surface area contributed by atoms with Gasteiger partial charge in [0, 0.05) is 22.8 Å². The number of carbonyl (C=O) groups excluding carboxylic acids is 1. The van der Waals surface area contributed by atoms with Gasteiger partial charge in [0.1, 0.15) is 23.4 Å². The first-order valence-corrected chi connectivity index (χ1v) is 9.14. The molecule has 154 valence electrons. The van der Waals surface area contributed by atoms with Gasteiger partial charge < -0.3 is 24.1 Å². The third-order valence-electron chi connectivity index (χ3n) is 5.07. The van der Waals surface area contributed by atoms with Crippen LogP contribution >= 0.6 is 0 Å². The molecule has 1 heterocycles. The van der Waals surface area contributed by atoms with E-state index in [4.69, 9.17) is 24.5 Å². The Morgan fingerprint density at radius 1 is 1.24 bits per heavy atom. The molecule has 2 aromatic carbocycles. The van der Waals surface area contributed by atoms with Gasteiger partial charge in [0.15, 0.2) is 0 Å². The van der Waals surface area contributed by atoms with Crippen LogP contribution in [0.2, 0.25) is 0 Å². The van der Waals surface area contributed by atoms with E-state index in [1.54, 1.807) is 32.2 Å². The molecular weight excluding hydrogens is 378 g/mol. The lowest BCUT2D eigenvalue weighted by molar-refractivity contribution is -0.171. The lowest BCUT2D eigenvalue weighted by Crippen LogP contribution is -2.45. The summed E-state index contributed by atoms with van der Waals surface area (Å²) in [5, 5.41) is 16.0. The van der Waals surface area contributed by atoms with Crippen molar-refractivity contribution in [2.45, 2.75) is 44.6 Å². The van der Waals surface area contributed by atoms with E-state index < -0.39 is 30.3 Å². The molecule has 0 amide bonds. The molecule has 2 aromatic rings. The summed E-state index contributed by atoms with van der Waals surface area (Å²) in [5.74, 6) is 0.615. The maximum atomic E-state index is 11.4. The maximum absolute atomic E-state index is 11.4. The Hall–Kier alpha value is -3.16. The highest BCUT2D eigenvalue weighted by Gasteiger charge is 2.39. The molecule has 0 saturated carbocycles. The first kappa shape index (κ1) is 20.6. The van der Waals surface area contributed by atoms with Crippen LogP contribution in [0.15, 0.2) is 29.4 Å². The molecule has 0 radical (unpaired) electrons. The van der Waals surface area contributed by atoms with Gasteiger partial charge in [0.05, 0.1) is 37.9 Å². The standard InChI is InChI=1S/C20H23N3O6/c1-10-20(29-11(2)24)14(22-23-21)9-17(28-10)13-6-5-12-15(26-3)7-8-16(27-4)18(12)19(13)25/h5-8,10,14,17,20,25H,9H2,1-4H3/t10-,14-,17-,20-/m0/s1. The molecule has 1 aliphatic heterocycles. The zero-order chi connectivity index (χ0) is 21.1. The van der Waals surface area contributed by atoms with E-state index in [9.17, 15) is 9.90 Å². The molecule has 29 heavy (non-hydrogen) atoms. The minimum Gasteiger partial charge on any atom is -0.507 e. The number of azide groups is 1. The second kappa shape index (κ2) is 8.46. The monoisotopic (exact) mass is 401 g/mol. The minimum absolute atomic E-state index is 0.000994. The molecule has 0 bridgehead atoms. The van der Waals surface area contributed by atoms with E-state index in [0.717, 1.165) is 0 Å². The van der Waals surface area contributed by atoms with Crippen molar-refractivity contribution in [2.24, 2.45) is 5.11 Å². The van der Waals surface area contributed by atoms with E-state index in [-0.39, 0.29) is 12.2 Å². The highest BCUT2D eigenvalue weighted by atomic mass is 16.6. The van der Waals surface area contributed by atoms with Crippen molar-refractivity contribution >= 4 is 16.7 Å². The van der Waals surface area contributed by atoms with Crippen molar-refractivity contribution in [1.82, 2.24) is 0 Å². The predicted molar refractivity (Wildman–Crippen MR) is 105 cm³/mol. The molecule has 9 nitrogen and oxygen atoms in total. The van der Waals surface area contributed by atoms with E-state index in [1.165, 1.54) is 14.0 Å². The lowest BCUT2D eigenvalue weighted by Gasteiger charge is -2.38. The minimum atomic E-state index is -0.697. The molecule has 0 unspecified atom stereocenters. The molecule has 0 spiro atoms. The van der Waals surface area contributed by atoms with Crippen LogP contribution in [0, 0.1) is 0 Å². The number of phenols is 1. The van der Waals surface area contributed by atoms with Crippen LogP contribution < -0.4 is 9.47 Å². The number of benzene rings is 2. The van der Waals surface area contributed by atoms with Crippen molar-refractivity contribution in [1.29, 1.82) is 0 Å². The number of fused-ring (bicyclic) bond motifs is 1. The van der Waals surface area contributed by atoms with Gasteiger partial charge in [-0.25, -0.2) is 0 Å². The van der Waals surface area contributed by atoms with Crippen molar-refractivity contribution in [3.05, 3.63) is 40.3 Å². The summed E-state index contributed by atoms with van der Waals surface area (Å²) >= 11 is 0. The summed E-state index contributed by atoms with van der Waals surface area (Å²) in [6.45, 7) is 3.03. The fourth-order valence-electron chi connectivity index (χ4n) is 3.80. The fourth-order valence-corrected chi connectivity index (χ4v) is 3.80. The Labute approximate surface area is 167 Å². The molecule has 9 heteroatoms. The zero-order valence-electron chi connectivity index (χ0n) is 16.7. The number of hydrogen-bond acceptors (Lipinski definition) is 7. The van der Waals surface area contributed by atoms with Gasteiger partial charge in [-0.15, -0.1) is 0 Å². The first-order valence-electron chi connectivity index (χ1n) is 9.14. The van der Waals surface area contributed by atoms with Gasteiger partial charge in [-0.05, 0) is 37.1 Å². The Morgan fingerprint density at radius 2 is 1.93 bits per heavy atom. The quantitative estimate of drug-likeness (QED) is 0.349. The zero-order valence-corrected chi connectivity index (χ0v) is 16.7. The summed E-state index contributed by atoms with van der Waals surface area (Å²) in [5.41, 5.74) is 9.46. The number of nitrogens with zero attached hydrogens (tertiary/aromatic N) is 3. The summed E-state index contributed by atoms with van der Waals surface area (Å²) in [6, 6.07) is 6.42. The van der Waals surface area contributed by atoms with Crippen molar-refractivity contribution in [3.63, 3.8) is 0 Å². The number of esters is 1. The van der Waals surface area contributed by atoms with Crippen molar-refractivity contribution in [3.8, 4) is 17.2 Å². The van der Waals surface area contributed by atoms with E-state index in [0.29, 0.717) is 27.8 Å². The Balaban J connectivity index is 2.05. The maximum Gasteiger partial charge on any atom is 0.303 e. The molecule has 1 saturated heterocycles. The number of aromatic hydroxyl groups is 1. The highest BCUT2D eigenvalue weighted by molar-refractivity contribution is 5.98. The Bertz CT molecular complexity index is 972. The number of carbonyl (C=O) groups is 1. The van der Waals surface area contributed by atoms with Crippen molar-refractivity contribution in [2.75, 3.05) is 14.2 Å². The van der Waals surface area contributed by atoms with Crippen LogP contribution in [0.4, 0.5) is 0 Å². The molecule has 3 rings (SSSR count). The largest absolute Gasteiger partial charge is 0.507 e. The smallest absolute Gasteiger partial charge is 0.303 e. The van der Waals surface area contributed by atoms with Gasteiger partial charge in [-0.1, -0.05) is 11.2 Å². The second-order valence-electron chi connectivity index (χ2n) is 6.81. The molecule has 0 aromatic heterocycles. The van der Waals surface area contributed by atoms with Gasteiger partial charge in [0.25, 0.3) is 0 Å². The molecule has 0 aliphatic carbocycles. The summed E-state index contributed by atoms with van der Waals surface area (Å²) < 4.78 is 22.1. The first-order chi connectivity index (χ1) is 13.9. The van der Waals surface area contributed by atoms with Gasteiger partial charge in [0.2, 0.25) is 0 Å². The highest BCUT2D eigenvalue weighted by Crippen LogP contribution is 2.45. The Kier molecular flexibility index (Phi) is 6.00. The number of hydrogen-bond donors (Lipinski definition) is 1. The number of rotatable bonds is 5. The summed E-state index contributed by atoms with van der Waals surface area (Å²) in [6.07, 6.45) is -1.54. The van der Waals surface area contributed by atoms with Crippen LogP contribution in [0.25, 0.3) is 21.2 Å². The topological polar surface area (TPSA) is 123 Å². The van der Waals surface area contributed by atoms with Crippen LogP contribution in [-0.2, 0) is 14.3 Å². The Morgan fingerprint density at radius 3 is 2.55 bits per heavy atom. The summed E-state index contributed by atoms with van der Waals surface area (Å²) in [7, 11) is 3.08. The molecule has 1 fully saturated rings. The lowest BCUT2D eigenvalue weighted by atomic mass is 9.91. The molecule has 1 N–H and O–H groups in total. The molecule has 1 aliphatic rings. The van der Waals surface area contributed by atoms with Gasteiger partial charge >= 0.3 is 5.97 Å². The average molecular weight is 401 g/mol. The van der Waals surface area contributed by atoms with Crippen molar-refractivity contribution < 1.29 is 28.8 Å². The third-order valence-corrected chi connectivity index (χ3v) is 5.07. The predicted octanol–water partition coefficient (Wildman–Crippen LogP) is 4.02. The average Bonchev–Trinajstić information content (AvgIpc) is 2.69. The van der Waals surface area contributed by atoms with Gasteiger partial charge in [-0.3, -0.25) is 4.79 Å². The molecular formula is C20H23N3O6.